The average Bonchev–Trinajstić information content (AvgIpc) is 2.83. The summed E-state index contributed by atoms with van der Waals surface area (Å²) in [6.45, 7) is 5.94. The summed E-state index contributed by atoms with van der Waals surface area (Å²) in [5.41, 5.74) is 7.53. The zero-order valence-electron chi connectivity index (χ0n) is 9.51. The van der Waals surface area contributed by atoms with Crippen molar-refractivity contribution in [2.24, 2.45) is 5.73 Å². The van der Waals surface area contributed by atoms with Gasteiger partial charge in [0, 0.05) is 44.8 Å². The third-order valence-electron chi connectivity index (χ3n) is 3.87. The van der Waals surface area contributed by atoms with E-state index in [-0.39, 0.29) is 6.04 Å². The second kappa shape index (κ2) is 4.20. The zero-order chi connectivity index (χ0) is 11.0. The van der Waals surface area contributed by atoms with Crippen molar-refractivity contribution in [1.82, 2.24) is 9.80 Å². The minimum atomic E-state index is 0.223. The van der Waals surface area contributed by atoms with E-state index in [0.717, 1.165) is 13.0 Å². The van der Waals surface area contributed by atoms with Crippen molar-refractivity contribution in [2.75, 3.05) is 32.7 Å². The van der Waals surface area contributed by atoms with Gasteiger partial charge < -0.3 is 10.2 Å². The molecule has 16 heavy (non-hydrogen) atoms. The minimum Gasteiger partial charge on any atom is -0.472 e. The van der Waals surface area contributed by atoms with Gasteiger partial charge in [-0.1, -0.05) is 0 Å². The van der Waals surface area contributed by atoms with Gasteiger partial charge in [-0.15, -0.1) is 0 Å². The topological polar surface area (TPSA) is 45.6 Å². The predicted molar refractivity (Wildman–Crippen MR) is 62.2 cm³/mol. The lowest BCUT2D eigenvalue weighted by atomic mass is 9.96. The van der Waals surface area contributed by atoms with E-state index < -0.39 is 0 Å². The first-order chi connectivity index (χ1) is 7.83. The molecule has 3 aliphatic rings. The maximum atomic E-state index is 6.32. The smallest absolute Gasteiger partial charge is 0.0935 e. The molecule has 3 aliphatic heterocycles. The first-order valence-corrected chi connectivity index (χ1v) is 6.06. The third-order valence-corrected chi connectivity index (χ3v) is 3.87. The first-order valence-electron chi connectivity index (χ1n) is 6.06. The van der Waals surface area contributed by atoms with E-state index in [1.807, 2.05) is 6.07 Å². The van der Waals surface area contributed by atoms with Crippen molar-refractivity contribution >= 4 is 0 Å². The highest BCUT2D eigenvalue weighted by Crippen LogP contribution is 2.19. The maximum Gasteiger partial charge on any atom is 0.0935 e. The van der Waals surface area contributed by atoms with Gasteiger partial charge in [-0.3, -0.25) is 9.80 Å². The molecule has 4 nitrogen and oxygen atoms in total. The first kappa shape index (κ1) is 10.3. The molecule has 0 aliphatic carbocycles. The fraction of sp³-hybridized carbons (Fsp3) is 0.667. The Morgan fingerprint density at radius 3 is 2.75 bits per heavy atom. The van der Waals surface area contributed by atoms with Crippen molar-refractivity contribution in [2.45, 2.75) is 18.5 Å². The second-order valence-corrected chi connectivity index (χ2v) is 4.90. The van der Waals surface area contributed by atoms with E-state index in [0.29, 0.717) is 6.04 Å². The lowest BCUT2D eigenvalue weighted by Gasteiger charge is -2.49. The van der Waals surface area contributed by atoms with Gasteiger partial charge in [-0.25, -0.2) is 0 Å². The summed E-state index contributed by atoms with van der Waals surface area (Å²) in [6.07, 6.45) is 4.45. The molecule has 1 aromatic rings. The third kappa shape index (κ3) is 1.88. The molecule has 3 saturated heterocycles. The molecule has 0 saturated carbocycles. The number of furan rings is 1. The van der Waals surface area contributed by atoms with Gasteiger partial charge >= 0.3 is 0 Å². The molecule has 2 atom stereocenters. The monoisotopic (exact) mass is 221 g/mol. The average molecular weight is 221 g/mol. The molecule has 0 aromatic carbocycles. The Morgan fingerprint density at radius 2 is 2.19 bits per heavy atom. The number of nitrogens with zero attached hydrogens (tertiary/aromatic N) is 2. The Balaban J connectivity index is 1.64. The zero-order valence-corrected chi connectivity index (χ0v) is 9.51. The van der Waals surface area contributed by atoms with Crippen LogP contribution in [0, 0.1) is 0 Å². The van der Waals surface area contributed by atoms with Crippen LogP contribution in [0.3, 0.4) is 0 Å². The standard InChI is InChI=1S/C12H19N3O/c13-11(7-10-1-6-16-9-10)12-8-14-2-4-15(12)5-3-14/h1,6,9,11-12H,2-5,7-8,13H2. The summed E-state index contributed by atoms with van der Waals surface area (Å²) in [7, 11) is 0. The molecule has 2 bridgehead atoms. The highest BCUT2D eigenvalue weighted by Gasteiger charge is 2.35. The molecule has 3 fully saturated rings. The van der Waals surface area contributed by atoms with Crippen molar-refractivity contribution in [1.29, 1.82) is 0 Å². The molecule has 2 N–H and O–H groups in total. The molecule has 0 spiro atoms. The van der Waals surface area contributed by atoms with Gasteiger partial charge in [-0.05, 0) is 18.1 Å². The van der Waals surface area contributed by atoms with E-state index in [2.05, 4.69) is 9.80 Å². The van der Waals surface area contributed by atoms with Gasteiger partial charge in [0.2, 0.25) is 0 Å². The van der Waals surface area contributed by atoms with E-state index in [1.165, 1.54) is 31.7 Å². The van der Waals surface area contributed by atoms with Crippen LogP contribution in [0.2, 0.25) is 0 Å². The molecule has 1 aromatic heterocycles. The van der Waals surface area contributed by atoms with Gasteiger partial charge in [0.15, 0.2) is 0 Å². The van der Waals surface area contributed by atoms with Gasteiger partial charge in [0.25, 0.3) is 0 Å². The summed E-state index contributed by atoms with van der Waals surface area (Å²) in [5, 5.41) is 0. The largest absolute Gasteiger partial charge is 0.472 e. The van der Waals surface area contributed by atoms with Crippen molar-refractivity contribution < 1.29 is 4.42 Å². The van der Waals surface area contributed by atoms with Crippen LogP contribution in [-0.4, -0.2) is 54.6 Å². The predicted octanol–water partition coefficient (Wildman–Crippen LogP) is 0.149. The highest BCUT2D eigenvalue weighted by atomic mass is 16.3. The number of fused-ring (bicyclic) bond motifs is 3. The molecular weight excluding hydrogens is 202 g/mol. The number of rotatable bonds is 3. The van der Waals surface area contributed by atoms with Crippen molar-refractivity contribution in [3.8, 4) is 0 Å². The molecule has 0 radical (unpaired) electrons. The Bertz CT molecular complexity index is 330. The summed E-state index contributed by atoms with van der Waals surface area (Å²) >= 11 is 0. The van der Waals surface area contributed by atoms with Crippen LogP contribution in [0.5, 0.6) is 0 Å². The summed E-state index contributed by atoms with van der Waals surface area (Å²) in [4.78, 5) is 5.07. The van der Waals surface area contributed by atoms with E-state index in [9.17, 15) is 0 Å². The van der Waals surface area contributed by atoms with Crippen molar-refractivity contribution in [3.63, 3.8) is 0 Å². The van der Waals surface area contributed by atoms with E-state index in [1.54, 1.807) is 12.5 Å². The van der Waals surface area contributed by atoms with Crippen LogP contribution in [-0.2, 0) is 6.42 Å². The number of hydrogen-bond donors (Lipinski definition) is 1. The second-order valence-electron chi connectivity index (χ2n) is 4.90. The number of hydrogen-bond acceptors (Lipinski definition) is 4. The lowest BCUT2D eigenvalue weighted by molar-refractivity contribution is 0.00257. The molecule has 0 amide bonds. The van der Waals surface area contributed by atoms with E-state index in [4.69, 9.17) is 10.2 Å². The summed E-state index contributed by atoms with van der Waals surface area (Å²) < 4.78 is 5.09. The quantitative estimate of drug-likeness (QED) is 0.789. The van der Waals surface area contributed by atoms with Crippen LogP contribution < -0.4 is 5.73 Å². The number of nitrogens with two attached hydrogens (primary N) is 1. The van der Waals surface area contributed by atoms with E-state index >= 15 is 0 Å². The SMILES string of the molecule is NC(Cc1ccoc1)C1CN2CCN1CC2. The number of piperazine rings is 3. The minimum absolute atomic E-state index is 0.223. The molecule has 4 rings (SSSR count). The van der Waals surface area contributed by atoms with Crippen LogP contribution >= 0.6 is 0 Å². The fourth-order valence-corrected chi connectivity index (χ4v) is 2.88. The summed E-state index contributed by atoms with van der Waals surface area (Å²) in [5.74, 6) is 0. The Labute approximate surface area is 96.0 Å². The Hall–Kier alpha value is -0.840. The van der Waals surface area contributed by atoms with Crippen LogP contribution in [0.25, 0.3) is 0 Å². The molecule has 4 heteroatoms. The normalized spacial score (nSPS) is 35.2. The molecular formula is C12H19N3O. The van der Waals surface area contributed by atoms with Crippen LogP contribution in [0.4, 0.5) is 0 Å². The molecule has 4 heterocycles. The van der Waals surface area contributed by atoms with Crippen molar-refractivity contribution in [3.05, 3.63) is 24.2 Å². The highest BCUT2D eigenvalue weighted by molar-refractivity contribution is 5.09. The molecule has 88 valence electrons. The van der Waals surface area contributed by atoms with Gasteiger partial charge in [0.05, 0.1) is 12.5 Å². The van der Waals surface area contributed by atoms with Gasteiger partial charge in [0.1, 0.15) is 0 Å². The van der Waals surface area contributed by atoms with Gasteiger partial charge in [-0.2, -0.15) is 0 Å². The summed E-state index contributed by atoms with van der Waals surface area (Å²) in [6, 6.07) is 2.76. The van der Waals surface area contributed by atoms with Crippen LogP contribution in [0.15, 0.2) is 23.0 Å². The van der Waals surface area contributed by atoms with Crippen LogP contribution in [0.1, 0.15) is 5.56 Å². The Kier molecular flexibility index (Phi) is 2.71. The molecule has 2 unspecified atom stereocenters. The Morgan fingerprint density at radius 1 is 1.38 bits per heavy atom. The maximum absolute atomic E-state index is 6.32. The lowest BCUT2D eigenvalue weighted by Crippen LogP contribution is -2.66. The fourth-order valence-electron chi connectivity index (χ4n) is 2.88.